The number of nitrogens with one attached hydrogen (secondary N) is 1. The lowest BCUT2D eigenvalue weighted by atomic mass is 9.79. The van der Waals surface area contributed by atoms with E-state index >= 15 is 0 Å². The van der Waals surface area contributed by atoms with E-state index in [-0.39, 0.29) is 34.8 Å². The topological polar surface area (TPSA) is 79.0 Å². The first kappa shape index (κ1) is 20.0. The van der Waals surface area contributed by atoms with Crippen molar-refractivity contribution in [3.05, 3.63) is 34.9 Å². The Bertz CT molecular complexity index is 855. The fourth-order valence-electron chi connectivity index (χ4n) is 5.12. The molecule has 0 bridgehead atoms. The lowest BCUT2D eigenvalue weighted by molar-refractivity contribution is 0.0303. The molecule has 0 aliphatic carbocycles. The molecule has 3 aliphatic rings. The standard InChI is InChI=1S/C22H29N3O4/c1-21(2)12-15(13-22(3,4)23-21)25-19(27)16-6-5-14(11-17(16)20(25)28)18(26)24-7-9-29-10-8-24/h5-6,11,15,23H,7-10,12-13H2,1-4H3. The van der Waals surface area contributed by atoms with Crippen LogP contribution in [-0.2, 0) is 4.74 Å². The van der Waals surface area contributed by atoms with Crippen LogP contribution in [0.4, 0.5) is 0 Å². The third-order valence-corrected chi connectivity index (χ3v) is 6.00. The molecular weight excluding hydrogens is 370 g/mol. The zero-order chi connectivity index (χ0) is 21.0. The number of fused-ring (bicyclic) bond motifs is 1. The minimum absolute atomic E-state index is 0.126. The highest BCUT2D eigenvalue weighted by atomic mass is 16.5. The smallest absolute Gasteiger partial charge is 0.261 e. The van der Waals surface area contributed by atoms with Crippen LogP contribution in [-0.4, -0.2) is 70.9 Å². The second-order valence-electron chi connectivity index (χ2n) is 9.60. The number of hydrogen-bond donors (Lipinski definition) is 1. The molecule has 0 atom stereocenters. The average Bonchev–Trinajstić information content (AvgIpc) is 2.89. The molecule has 0 unspecified atom stereocenters. The van der Waals surface area contributed by atoms with E-state index in [4.69, 9.17) is 4.74 Å². The number of piperidine rings is 1. The number of ether oxygens (including phenoxy) is 1. The first-order valence-electron chi connectivity index (χ1n) is 10.3. The summed E-state index contributed by atoms with van der Waals surface area (Å²) in [6, 6.07) is 4.69. The predicted octanol–water partition coefficient (Wildman–Crippen LogP) is 2.06. The Balaban J connectivity index is 1.61. The molecule has 7 nitrogen and oxygen atoms in total. The Kier molecular flexibility index (Phi) is 4.78. The summed E-state index contributed by atoms with van der Waals surface area (Å²) in [5.74, 6) is -0.673. The predicted molar refractivity (Wildman–Crippen MR) is 108 cm³/mol. The third-order valence-electron chi connectivity index (χ3n) is 6.00. The molecule has 0 radical (unpaired) electrons. The second-order valence-corrected chi connectivity index (χ2v) is 9.60. The normalized spacial score (nSPS) is 24.0. The molecule has 156 valence electrons. The SMILES string of the molecule is CC1(C)CC(N2C(=O)c3ccc(C(=O)N4CCOCC4)cc3C2=O)CC(C)(C)N1. The zero-order valence-electron chi connectivity index (χ0n) is 17.6. The van der Waals surface area contributed by atoms with Crippen LogP contribution < -0.4 is 5.32 Å². The maximum Gasteiger partial charge on any atom is 0.261 e. The zero-order valence-corrected chi connectivity index (χ0v) is 17.6. The van der Waals surface area contributed by atoms with Crippen LogP contribution in [0.2, 0.25) is 0 Å². The van der Waals surface area contributed by atoms with Gasteiger partial charge in [0, 0.05) is 35.8 Å². The largest absolute Gasteiger partial charge is 0.378 e. The Morgan fingerprint density at radius 2 is 1.59 bits per heavy atom. The molecule has 3 amide bonds. The molecule has 4 rings (SSSR count). The number of carbonyl (C=O) groups excluding carboxylic acids is 3. The summed E-state index contributed by atoms with van der Waals surface area (Å²) in [6.07, 6.45) is 1.39. The summed E-state index contributed by atoms with van der Waals surface area (Å²) in [6.45, 7) is 10.5. The van der Waals surface area contributed by atoms with Crippen molar-refractivity contribution < 1.29 is 19.1 Å². The van der Waals surface area contributed by atoms with Gasteiger partial charge in [-0.05, 0) is 58.7 Å². The van der Waals surface area contributed by atoms with Crippen LogP contribution in [0.25, 0.3) is 0 Å². The van der Waals surface area contributed by atoms with E-state index in [1.165, 1.54) is 4.90 Å². The molecule has 7 heteroatoms. The van der Waals surface area contributed by atoms with Gasteiger partial charge in [0.05, 0.1) is 24.3 Å². The number of carbonyl (C=O) groups is 3. The maximum absolute atomic E-state index is 13.2. The van der Waals surface area contributed by atoms with E-state index in [2.05, 4.69) is 33.0 Å². The highest BCUT2D eigenvalue weighted by Gasteiger charge is 2.47. The van der Waals surface area contributed by atoms with Gasteiger partial charge in [-0.1, -0.05) is 0 Å². The van der Waals surface area contributed by atoms with E-state index in [0.717, 1.165) is 0 Å². The Hall–Kier alpha value is -2.25. The molecule has 3 aliphatic heterocycles. The van der Waals surface area contributed by atoms with E-state index in [0.29, 0.717) is 55.8 Å². The lowest BCUT2D eigenvalue weighted by Gasteiger charge is -2.48. The van der Waals surface area contributed by atoms with Crippen molar-refractivity contribution in [3.63, 3.8) is 0 Å². The molecular formula is C22H29N3O4. The molecule has 1 aromatic rings. The number of benzene rings is 1. The Labute approximate surface area is 171 Å². The van der Waals surface area contributed by atoms with Crippen molar-refractivity contribution in [3.8, 4) is 0 Å². The summed E-state index contributed by atoms with van der Waals surface area (Å²) in [5, 5.41) is 3.59. The summed E-state index contributed by atoms with van der Waals surface area (Å²) in [5.41, 5.74) is 0.809. The van der Waals surface area contributed by atoms with E-state index in [1.807, 2.05) is 0 Å². The van der Waals surface area contributed by atoms with Gasteiger partial charge in [-0.25, -0.2) is 0 Å². The van der Waals surface area contributed by atoms with Crippen LogP contribution in [0, 0.1) is 0 Å². The summed E-state index contributed by atoms with van der Waals surface area (Å²) in [7, 11) is 0. The van der Waals surface area contributed by atoms with Gasteiger partial charge in [-0.2, -0.15) is 0 Å². The van der Waals surface area contributed by atoms with Gasteiger partial charge in [-0.15, -0.1) is 0 Å². The highest BCUT2D eigenvalue weighted by Crippen LogP contribution is 2.36. The Morgan fingerprint density at radius 1 is 1.00 bits per heavy atom. The molecule has 1 N–H and O–H groups in total. The maximum atomic E-state index is 13.2. The van der Waals surface area contributed by atoms with Gasteiger partial charge in [-0.3, -0.25) is 19.3 Å². The number of hydrogen-bond acceptors (Lipinski definition) is 5. The van der Waals surface area contributed by atoms with E-state index < -0.39 is 0 Å². The number of morpholine rings is 1. The molecule has 3 heterocycles. The van der Waals surface area contributed by atoms with Gasteiger partial charge in [0.2, 0.25) is 0 Å². The minimum Gasteiger partial charge on any atom is -0.378 e. The molecule has 1 aromatic carbocycles. The van der Waals surface area contributed by atoms with Crippen molar-refractivity contribution in [2.45, 2.75) is 57.7 Å². The van der Waals surface area contributed by atoms with Gasteiger partial charge in [0.15, 0.2) is 0 Å². The first-order chi connectivity index (χ1) is 13.6. The van der Waals surface area contributed by atoms with Crippen molar-refractivity contribution in [2.24, 2.45) is 0 Å². The van der Waals surface area contributed by atoms with Crippen molar-refractivity contribution in [2.75, 3.05) is 26.3 Å². The third kappa shape index (κ3) is 3.69. The van der Waals surface area contributed by atoms with Gasteiger partial charge in [0.25, 0.3) is 17.7 Å². The van der Waals surface area contributed by atoms with Crippen LogP contribution in [0.3, 0.4) is 0 Å². The second kappa shape index (κ2) is 6.92. The first-order valence-corrected chi connectivity index (χ1v) is 10.3. The van der Waals surface area contributed by atoms with Crippen LogP contribution in [0.1, 0.15) is 71.6 Å². The van der Waals surface area contributed by atoms with Crippen LogP contribution in [0.15, 0.2) is 18.2 Å². The molecule has 2 fully saturated rings. The molecule has 29 heavy (non-hydrogen) atoms. The van der Waals surface area contributed by atoms with Crippen LogP contribution >= 0.6 is 0 Å². The molecule has 0 aromatic heterocycles. The quantitative estimate of drug-likeness (QED) is 0.770. The summed E-state index contributed by atoms with van der Waals surface area (Å²) >= 11 is 0. The number of amides is 3. The number of nitrogens with zero attached hydrogens (tertiary/aromatic N) is 2. The summed E-state index contributed by atoms with van der Waals surface area (Å²) < 4.78 is 5.30. The van der Waals surface area contributed by atoms with Gasteiger partial charge < -0.3 is 15.0 Å². The molecule has 2 saturated heterocycles. The fourth-order valence-corrected chi connectivity index (χ4v) is 5.12. The number of rotatable bonds is 2. The van der Waals surface area contributed by atoms with Gasteiger partial charge >= 0.3 is 0 Å². The van der Waals surface area contributed by atoms with Crippen molar-refractivity contribution in [1.29, 1.82) is 0 Å². The van der Waals surface area contributed by atoms with E-state index in [9.17, 15) is 14.4 Å². The number of imide groups is 1. The Morgan fingerprint density at radius 3 is 2.21 bits per heavy atom. The van der Waals surface area contributed by atoms with Crippen molar-refractivity contribution >= 4 is 17.7 Å². The highest BCUT2D eigenvalue weighted by molar-refractivity contribution is 6.22. The fraction of sp³-hybridized carbons (Fsp3) is 0.591. The van der Waals surface area contributed by atoms with E-state index in [1.54, 1.807) is 23.1 Å². The monoisotopic (exact) mass is 399 g/mol. The summed E-state index contributed by atoms with van der Waals surface area (Å²) in [4.78, 5) is 42.2. The van der Waals surface area contributed by atoms with Gasteiger partial charge in [0.1, 0.15) is 0 Å². The molecule has 0 saturated carbocycles. The molecule has 0 spiro atoms. The lowest BCUT2D eigenvalue weighted by Crippen LogP contribution is -2.62. The van der Waals surface area contributed by atoms with Crippen molar-refractivity contribution in [1.82, 2.24) is 15.1 Å². The average molecular weight is 399 g/mol. The van der Waals surface area contributed by atoms with Crippen LogP contribution in [0.5, 0.6) is 0 Å². The minimum atomic E-state index is -0.292.